The molecule has 1 aliphatic rings. The molecule has 2 aromatic carbocycles. The molecule has 1 atom stereocenters. The molecule has 0 N–H and O–H groups in total. The molecule has 2 aromatic rings. The van der Waals surface area contributed by atoms with Crippen LogP contribution in [-0.4, -0.2) is 43.4 Å². The molecule has 0 saturated carbocycles. The largest absolute Gasteiger partial charge is 0.490 e. The Hall–Kier alpha value is -1.76. The Morgan fingerprint density at radius 2 is 1.73 bits per heavy atom. The van der Waals surface area contributed by atoms with Crippen LogP contribution >= 0.6 is 23.2 Å². The molecule has 33 heavy (non-hydrogen) atoms. The highest BCUT2D eigenvalue weighted by molar-refractivity contribution is 7.91. The van der Waals surface area contributed by atoms with E-state index in [-0.39, 0.29) is 32.9 Å². The maximum atomic E-state index is 13.6. The van der Waals surface area contributed by atoms with Crippen molar-refractivity contribution in [1.29, 1.82) is 0 Å². The van der Waals surface area contributed by atoms with E-state index >= 15 is 0 Å². The molecule has 1 fully saturated rings. The topological polar surface area (TPSA) is 63.7 Å². The zero-order valence-electron chi connectivity index (χ0n) is 19.5. The van der Waals surface area contributed by atoms with E-state index in [0.717, 1.165) is 12.0 Å². The molecule has 0 radical (unpaired) electrons. The van der Waals surface area contributed by atoms with Crippen LogP contribution in [0.4, 0.5) is 0 Å². The number of benzene rings is 2. The number of amides is 1. The highest BCUT2D eigenvalue weighted by atomic mass is 35.5. The molecule has 1 amide bonds. The fourth-order valence-electron chi connectivity index (χ4n) is 3.89. The Kier molecular flexibility index (Phi) is 8.03. The van der Waals surface area contributed by atoms with Crippen LogP contribution in [0.2, 0.25) is 10.0 Å². The lowest BCUT2D eigenvalue weighted by Gasteiger charge is -2.29. The Morgan fingerprint density at radius 3 is 2.21 bits per heavy atom. The van der Waals surface area contributed by atoms with Gasteiger partial charge < -0.3 is 9.64 Å². The van der Waals surface area contributed by atoms with Gasteiger partial charge in [-0.2, -0.15) is 0 Å². The quantitative estimate of drug-likeness (QED) is 0.463. The zero-order chi connectivity index (χ0) is 24.4. The SMILES string of the molecule is CCCOc1c(Cl)cc(C(=O)N(Cc2ccc(C(C)(C)C)cc2)C2CCS(=O)(=O)C2)cc1Cl. The molecular weight excluding hydrogens is 481 g/mol. The van der Waals surface area contributed by atoms with Crippen molar-refractivity contribution in [2.24, 2.45) is 0 Å². The van der Waals surface area contributed by atoms with Crippen LogP contribution in [0.5, 0.6) is 5.75 Å². The van der Waals surface area contributed by atoms with Crippen LogP contribution in [-0.2, 0) is 21.8 Å². The summed E-state index contributed by atoms with van der Waals surface area (Å²) in [5, 5.41) is 0.514. The van der Waals surface area contributed by atoms with Crippen LogP contribution in [0.15, 0.2) is 36.4 Å². The van der Waals surface area contributed by atoms with Crippen LogP contribution in [0.1, 0.15) is 62.0 Å². The molecule has 0 aliphatic carbocycles. The minimum Gasteiger partial charge on any atom is -0.490 e. The minimum atomic E-state index is -3.17. The number of halogens is 2. The van der Waals surface area contributed by atoms with Gasteiger partial charge in [-0.1, -0.05) is 75.2 Å². The molecule has 5 nitrogen and oxygen atoms in total. The first-order valence-corrected chi connectivity index (χ1v) is 13.7. The summed E-state index contributed by atoms with van der Waals surface area (Å²) in [5.74, 6) is 0.0839. The van der Waals surface area contributed by atoms with Crippen molar-refractivity contribution in [1.82, 2.24) is 4.90 Å². The number of rotatable bonds is 7. The molecule has 1 heterocycles. The number of carbonyl (C=O) groups is 1. The normalized spacial score (nSPS) is 17.7. The predicted molar refractivity (Wildman–Crippen MR) is 134 cm³/mol. The van der Waals surface area contributed by atoms with Crippen molar-refractivity contribution in [3.8, 4) is 5.75 Å². The summed E-state index contributed by atoms with van der Waals surface area (Å²) in [6.07, 6.45) is 1.21. The number of nitrogens with zero attached hydrogens (tertiary/aromatic N) is 1. The summed E-state index contributed by atoms with van der Waals surface area (Å²) in [6.45, 7) is 9.16. The average Bonchev–Trinajstić information content (AvgIpc) is 3.10. The van der Waals surface area contributed by atoms with Gasteiger partial charge in [-0.3, -0.25) is 4.79 Å². The predicted octanol–water partition coefficient (Wildman–Crippen LogP) is 5.91. The summed E-state index contributed by atoms with van der Waals surface area (Å²) in [7, 11) is -3.17. The van der Waals surface area contributed by atoms with Gasteiger partial charge in [-0.15, -0.1) is 0 Å². The third-order valence-electron chi connectivity index (χ3n) is 5.78. The minimum absolute atomic E-state index is 0.0165. The van der Waals surface area contributed by atoms with Gasteiger partial charge in [0.25, 0.3) is 5.91 Å². The first-order valence-electron chi connectivity index (χ1n) is 11.1. The molecule has 180 valence electrons. The van der Waals surface area contributed by atoms with E-state index in [4.69, 9.17) is 27.9 Å². The summed E-state index contributed by atoms with van der Waals surface area (Å²) < 4.78 is 29.9. The van der Waals surface area contributed by atoms with E-state index in [9.17, 15) is 13.2 Å². The van der Waals surface area contributed by atoms with Crippen molar-refractivity contribution in [2.75, 3.05) is 18.1 Å². The second-order valence-corrected chi connectivity index (χ2v) is 12.6. The number of hydrogen-bond acceptors (Lipinski definition) is 4. The molecule has 3 rings (SSSR count). The van der Waals surface area contributed by atoms with E-state index in [1.165, 1.54) is 5.56 Å². The Balaban J connectivity index is 1.92. The summed E-state index contributed by atoms with van der Waals surface area (Å²) in [6, 6.07) is 10.8. The van der Waals surface area contributed by atoms with Crippen molar-refractivity contribution in [2.45, 2.75) is 58.5 Å². The van der Waals surface area contributed by atoms with Gasteiger partial charge in [-0.25, -0.2) is 8.42 Å². The Labute approximate surface area is 206 Å². The van der Waals surface area contributed by atoms with Crippen molar-refractivity contribution in [3.05, 3.63) is 63.1 Å². The smallest absolute Gasteiger partial charge is 0.254 e. The lowest BCUT2D eigenvalue weighted by molar-refractivity contribution is 0.0681. The van der Waals surface area contributed by atoms with Crippen LogP contribution in [0.25, 0.3) is 0 Å². The fourth-order valence-corrected chi connectivity index (χ4v) is 6.21. The van der Waals surface area contributed by atoms with Gasteiger partial charge in [0.2, 0.25) is 0 Å². The third-order valence-corrected chi connectivity index (χ3v) is 8.09. The van der Waals surface area contributed by atoms with Crippen molar-refractivity contribution >= 4 is 38.9 Å². The van der Waals surface area contributed by atoms with Crippen LogP contribution in [0, 0.1) is 0 Å². The lowest BCUT2D eigenvalue weighted by Crippen LogP contribution is -2.40. The second-order valence-electron chi connectivity index (χ2n) is 9.55. The number of sulfone groups is 1. The van der Waals surface area contributed by atoms with Gasteiger partial charge in [0.05, 0.1) is 28.2 Å². The fraction of sp³-hybridized carbons (Fsp3) is 0.480. The van der Waals surface area contributed by atoms with E-state index < -0.39 is 15.9 Å². The first kappa shape index (κ1) is 25.9. The van der Waals surface area contributed by atoms with E-state index in [1.807, 2.05) is 19.1 Å². The average molecular weight is 512 g/mol. The van der Waals surface area contributed by atoms with Gasteiger partial charge in [-0.05, 0) is 41.5 Å². The van der Waals surface area contributed by atoms with Crippen LogP contribution in [0.3, 0.4) is 0 Å². The zero-order valence-corrected chi connectivity index (χ0v) is 21.9. The lowest BCUT2D eigenvalue weighted by atomic mass is 9.86. The molecule has 0 spiro atoms. The summed E-state index contributed by atoms with van der Waals surface area (Å²) in [4.78, 5) is 15.2. The van der Waals surface area contributed by atoms with Crippen LogP contribution < -0.4 is 4.74 Å². The highest BCUT2D eigenvalue weighted by Gasteiger charge is 2.35. The number of carbonyl (C=O) groups excluding carboxylic acids is 1. The Morgan fingerprint density at radius 1 is 1.12 bits per heavy atom. The van der Waals surface area contributed by atoms with Gasteiger partial charge in [0.15, 0.2) is 15.6 Å². The maximum absolute atomic E-state index is 13.6. The molecule has 1 aliphatic heterocycles. The third kappa shape index (κ3) is 6.43. The summed E-state index contributed by atoms with van der Waals surface area (Å²) >= 11 is 12.7. The Bertz CT molecular complexity index is 1090. The standard InChI is InChI=1S/C25H31Cl2NO4S/c1-5-11-32-23-21(26)13-18(14-22(23)27)24(29)28(20-10-12-33(30,31)16-20)15-17-6-8-19(9-7-17)25(2,3)4/h6-9,13-14,20H,5,10-12,15-16H2,1-4H3. The maximum Gasteiger partial charge on any atom is 0.254 e. The van der Waals surface area contributed by atoms with Gasteiger partial charge >= 0.3 is 0 Å². The molecule has 1 saturated heterocycles. The van der Waals surface area contributed by atoms with Crippen molar-refractivity contribution in [3.63, 3.8) is 0 Å². The molecular formula is C25H31Cl2NO4S. The first-order chi connectivity index (χ1) is 15.4. The summed E-state index contributed by atoms with van der Waals surface area (Å²) in [5.41, 5.74) is 2.45. The molecule has 0 bridgehead atoms. The van der Waals surface area contributed by atoms with Gasteiger partial charge in [0, 0.05) is 18.2 Å². The molecule has 0 aromatic heterocycles. The number of hydrogen-bond donors (Lipinski definition) is 0. The molecule has 8 heteroatoms. The van der Waals surface area contributed by atoms with E-state index in [0.29, 0.717) is 30.9 Å². The highest BCUT2D eigenvalue weighted by Crippen LogP contribution is 2.35. The van der Waals surface area contributed by atoms with E-state index in [2.05, 4.69) is 32.9 Å². The monoisotopic (exact) mass is 511 g/mol. The second kappa shape index (κ2) is 10.2. The molecule has 1 unspecified atom stereocenters. The van der Waals surface area contributed by atoms with Gasteiger partial charge in [0.1, 0.15) is 0 Å². The number of ether oxygens (including phenoxy) is 1. The van der Waals surface area contributed by atoms with E-state index in [1.54, 1.807) is 17.0 Å². The van der Waals surface area contributed by atoms with Crippen molar-refractivity contribution < 1.29 is 17.9 Å².